The van der Waals surface area contributed by atoms with Crippen molar-refractivity contribution in [1.29, 1.82) is 0 Å². The first-order valence-electron chi connectivity index (χ1n) is 10.3. The van der Waals surface area contributed by atoms with Crippen LogP contribution in [0.2, 0.25) is 0 Å². The zero-order valence-corrected chi connectivity index (χ0v) is 18.0. The Kier molecular flexibility index (Phi) is 5.22. The fourth-order valence-corrected chi connectivity index (χ4v) is 4.54. The summed E-state index contributed by atoms with van der Waals surface area (Å²) in [6.45, 7) is 2.79. The van der Waals surface area contributed by atoms with Crippen molar-refractivity contribution in [2.45, 2.75) is 25.6 Å². The third-order valence-electron chi connectivity index (χ3n) is 5.64. The van der Waals surface area contributed by atoms with Crippen molar-refractivity contribution in [3.8, 4) is 5.69 Å². The van der Waals surface area contributed by atoms with E-state index < -0.39 is 0 Å². The number of rotatable bonds is 5. The molecule has 6 heteroatoms. The largest absolute Gasteiger partial charge is 0.352 e. The molecule has 1 N–H and O–H groups in total. The SMILES string of the molecule is Cc1cccc(-n2cccc2C2C(c3ccccn3)NC(=S)N2Cc2cccnc2)c1. The minimum absolute atomic E-state index is 0.0156. The summed E-state index contributed by atoms with van der Waals surface area (Å²) in [6, 6.07) is 22.8. The van der Waals surface area contributed by atoms with Gasteiger partial charge >= 0.3 is 0 Å². The lowest BCUT2D eigenvalue weighted by atomic mass is 10.0. The molecule has 1 aromatic carbocycles. The Labute approximate surface area is 187 Å². The maximum Gasteiger partial charge on any atom is 0.170 e. The number of nitrogens with zero attached hydrogens (tertiary/aromatic N) is 4. The zero-order chi connectivity index (χ0) is 21.2. The molecule has 3 aromatic heterocycles. The van der Waals surface area contributed by atoms with Gasteiger partial charge in [-0.25, -0.2) is 0 Å². The molecule has 154 valence electrons. The molecule has 1 aliphatic rings. The van der Waals surface area contributed by atoms with Gasteiger partial charge < -0.3 is 14.8 Å². The predicted molar refractivity (Wildman–Crippen MR) is 126 cm³/mol. The Morgan fingerprint density at radius 2 is 1.94 bits per heavy atom. The minimum atomic E-state index is -0.0520. The Balaban J connectivity index is 1.61. The van der Waals surface area contributed by atoms with E-state index in [2.05, 4.69) is 86.4 Å². The van der Waals surface area contributed by atoms with Crippen LogP contribution in [0.1, 0.15) is 34.6 Å². The molecule has 5 nitrogen and oxygen atoms in total. The predicted octanol–water partition coefficient (Wildman–Crippen LogP) is 4.75. The van der Waals surface area contributed by atoms with E-state index in [0.29, 0.717) is 6.54 Å². The van der Waals surface area contributed by atoms with Crippen molar-refractivity contribution >= 4 is 17.3 Å². The summed E-state index contributed by atoms with van der Waals surface area (Å²) in [7, 11) is 0. The summed E-state index contributed by atoms with van der Waals surface area (Å²) in [5.41, 5.74) is 5.62. The summed E-state index contributed by atoms with van der Waals surface area (Å²) < 4.78 is 2.25. The summed E-state index contributed by atoms with van der Waals surface area (Å²) in [6.07, 6.45) is 7.64. The molecular formula is C25H23N5S. The number of aryl methyl sites for hydroxylation is 1. The highest BCUT2D eigenvalue weighted by Gasteiger charge is 2.41. The van der Waals surface area contributed by atoms with Crippen molar-refractivity contribution in [1.82, 2.24) is 24.8 Å². The third kappa shape index (κ3) is 3.82. The Bertz CT molecular complexity index is 1190. The maximum absolute atomic E-state index is 5.81. The summed E-state index contributed by atoms with van der Waals surface area (Å²) in [4.78, 5) is 11.2. The van der Waals surface area contributed by atoms with E-state index in [4.69, 9.17) is 12.2 Å². The highest BCUT2D eigenvalue weighted by Crippen LogP contribution is 2.40. The number of hydrogen-bond donors (Lipinski definition) is 1. The van der Waals surface area contributed by atoms with Gasteiger partial charge in [-0.05, 0) is 72.7 Å². The molecule has 2 atom stereocenters. The molecule has 0 amide bonds. The Hall–Kier alpha value is -3.51. The lowest BCUT2D eigenvalue weighted by Gasteiger charge is -2.29. The molecule has 0 aliphatic carbocycles. The zero-order valence-electron chi connectivity index (χ0n) is 17.2. The normalized spacial score (nSPS) is 18.2. The van der Waals surface area contributed by atoms with Gasteiger partial charge in [-0.1, -0.05) is 24.3 Å². The van der Waals surface area contributed by atoms with Crippen LogP contribution in [0.3, 0.4) is 0 Å². The second-order valence-electron chi connectivity index (χ2n) is 7.76. The number of pyridine rings is 2. The highest BCUT2D eigenvalue weighted by molar-refractivity contribution is 7.80. The van der Waals surface area contributed by atoms with E-state index >= 15 is 0 Å². The van der Waals surface area contributed by atoms with Crippen LogP contribution < -0.4 is 5.32 Å². The smallest absolute Gasteiger partial charge is 0.170 e. The van der Waals surface area contributed by atoms with Gasteiger partial charge in [-0.2, -0.15) is 0 Å². The van der Waals surface area contributed by atoms with E-state index in [0.717, 1.165) is 27.8 Å². The van der Waals surface area contributed by atoms with Gasteiger partial charge in [0.1, 0.15) is 0 Å². The average Bonchev–Trinajstić information content (AvgIpc) is 3.40. The summed E-state index contributed by atoms with van der Waals surface area (Å²) >= 11 is 5.81. The van der Waals surface area contributed by atoms with Crippen LogP contribution in [0.5, 0.6) is 0 Å². The molecule has 5 rings (SSSR count). The standard InChI is InChI=1S/C25H23N5S/c1-18-7-4-9-20(15-18)29-14-6-11-22(29)24-23(21-10-2-3-13-27-21)28-25(31)30(24)17-19-8-5-12-26-16-19/h2-16,23-24H,17H2,1H3,(H,28,31). The Morgan fingerprint density at radius 1 is 1.00 bits per heavy atom. The molecule has 1 fully saturated rings. The molecular weight excluding hydrogens is 402 g/mol. The van der Waals surface area contributed by atoms with Gasteiger partial charge in [-0.3, -0.25) is 9.97 Å². The highest BCUT2D eigenvalue weighted by atomic mass is 32.1. The van der Waals surface area contributed by atoms with Crippen LogP contribution in [0.25, 0.3) is 5.69 Å². The second-order valence-corrected chi connectivity index (χ2v) is 8.14. The molecule has 1 saturated heterocycles. The van der Waals surface area contributed by atoms with Crippen molar-refractivity contribution in [2.75, 3.05) is 0 Å². The van der Waals surface area contributed by atoms with E-state index in [1.165, 1.54) is 5.56 Å². The van der Waals surface area contributed by atoms with Crippen LogP contribution in [0, 0.1) is 6.92 Å². The van der Waals surface area contributed by atoms with Gasteiger partial charge in [0.15, 0.2) is 5.11 Å². The van der Waals surface area contributed by atoms with Crippen LogP contribution in [-0.2, 0) is 6.54 Å². The van der Waals surface area contributed by atoms with Crippen LogP contribution in [-0.4, -0.2) is 24.5 Å². The second kappa shape index (κ2) is 8.32. The van der Waals surface area contributed by atoms with E-state index in [1.54, 1.807) is 6.20 Å². The molecule has 31 heavy (non-hydrogen) atoms. The lowest BCUT2D eigenvalue weighted by Crippen LogP contribution is -2.30. The van der Waals surface area contributed by atoms with E-state index in [-0.39, 0.29) is 12.1 Å². The molecule has 0 bridgehead atoms. The number of benzene rings is 1. The van der Waals surface area contributed by atoms with Gasteiger partial charge in [0.25, 0.3) is 0 Å². The van der Waals surface area contributed by atoms with Gasteiger partial charge in [0, 0.05) is 42.7 Å². The molecule has 4 aromatic rings. The fraction of sp³-hybridized carbons (Fsp3) is 0.160. The van der Waals surface area contributed by atoms with E-state index in [1.807, 2.05) is 30.6 Å². The molecule has 0 radical (unpaired) electrons. The van der Waals surface area contributed by atoms with Crippen LogP contribution >= 0.6 is 12.2 Å². The first-order chi connectivity index (χ1) is 15.2. The summed E-state index contributed by atoms with van der Waals surface area (Å²) in [5, 5.41) is 4.25. The van der Waals surface area contributed by atoms with Crippen molar-refractivity contribution in [3.05, 3.63) is 114 Å². The van der Waals surface area contributed by atoms with E-state index in [9.17, 15) is 0 Å². The molecule has 2 unspecified atom stereocenters. The van der Waals surface area contributed by atoms with Crippen molar-refractivity contribution in [2.24, 2.45) is 0 Å². The molecule has 0 spiro atoms. The molecule has 0 saturated carbocycles. The van der Waals surface area contributed by atoms with Gasteiger partial charge in [-0.15, -0.1) is 0 Å². The molecule has 1 aliphatic heterocycles. The number of aromatic nitrogens is 3. The number of nitrogens with one attached hydrogen (secondary N) is 1. The summed E-state index contributed by atoms with van der Waals surface area (Å²) in [5.74, 6) is 0. The first-order valence-corrected chi connectivity index (χ1v) is 10.7. The monoisotopic (exact) mass is 425 g/mol. The van der Waals surface area contributed by atoms with Crippen LogP contribution in [0.4, 0.5) is 0 Å². The van der Waals surface area contributed by atoms with Crippen molar-refractivity contribution in [3.63, 3.8) is 0 Å². The minimum Gasteiger partial charge on any atom is -0.352 e. The van der Waals surface area contributed by atoms with Gasteiger partial charge in [0.05, 0.1) is 17.8 Å². The Morgan fingerprint density at radius 3 is 2.71 bits per heavy atom. The van der Waals surface area contributed by atoms with Crippen molar-refractivity contribution < 1.29 is 0 Å². The number of thiocarbonyl (C=S) groups is 1. The maximum atomic E-state index is 5.81. The quantitative estimate of drug-likeness (QED) is 0.468. The fourth-order valence-electron chi connectivity index (χ4n) is 4.23. The lowest BCUT2D eigenvalue weighted by molar-refractivity contribution is 0.302. The average molecular weight is 426 g/mol. The van der Waals surface area contributed by atoms with Gasteiger partial charge in [0.2, 0.25) is 0 Å². The number of hydrogen-bond acceptors (Lipinski definition) is 3. The topological polar surface area (TPSA) is 46.0 Å². The molecule has 4 heterocycles. The van der Waals surface area contributed by atoms with Crippen LogP contribution in [0.15, 0.2) is 91.5 Å². The first kappa shape index (κ1) is 19.5. The third-order valence-corrected chi connectivity index (χ3v) is 5.99.